The van der Waals surface area contributed by atoms with Gasteiger partial charge in [-0.1, -0.05) is 6.07 Å². The van der Waals surface area contributed by atoms with Crippen LogP contribution in [-0.2, 0) is 4.79 Å². The molecule has 0 bridgehead atoms. The highest BCUT2D eigenvalue weighted by Gasteiger charge is 1.97. The van der Waals surface area contributed by atoms with Crippen molar-refractivity contribution in [3.05, 3.63) is 36.3 Å². The molecule has 1 radical (unpaired) electrons. The molecule has 2 rings (SSSR count). The van der Waals surface area contributed by atoms with E-state index in [1.165, 1.54) is 0 Å². The Hall–Kier alpha value is -1.64. The van der Waals surface area contributed by atoms with Gasteiger partial charge in [-0.15, -0.1) is 0 Å². The molecule has 0 atom stereocenters. The molecule has 2 heterocycles. The third kappa shape index (κ3) is 0.902. The van der Waals surface area contributed by atoms with Crippen LogP contribution < -0.4 is 0 Å². The molecule has 3 heteroatoms. The summed E-state index contributed by atoms with van der Waals surface area (Å²) in [5.74, 6) is 0. The van der Waals surface area contributed by atoms with Crippen LogP contribution in [0.4, 0.5) is 0 Å². The van der Waals surface area contributed by atoms with Gasteiger partial charge in [-0.05, 0) is 12.1 Å². The normalized spacial score (nSPS) is 10.2. The van der Waals surface area contributed by atoms with Gasteiger partial charge in [-0.25, -0.2) is 4.98 Å². The zero-order chi connectivity index (χ0) is 7.68. The molecular weight excluding hydrogens is 140 g/mol. The SMILES string of the molecule is O=[C]c1cn2ccccc2n1. The minimum Gasteiger partial charge on any atom is -0.306 e. The fourth-order valence-corrected chi connectivity index (χ4v) is 0.984. The van der Waals surface area contributed by atoms with Crippen LogP contribution in [0.1, 0.15) is 5.69 Å². The Morgan fingerprint density at radius 2 is 2.36 bits per heavy atom. The molecule has 0 aliphatic rings. The summed E-state index contributed by atoms with van der Waals surface area (Å²) in [6.45, 7) is 0. The van der Waals surface area contributed by atoms with Gasteiger partial charge >= 0.3 is 0 Å². The zero-order valence-electron chi connectivity index (χ0n) is 5.69. The van der Waals surface area contributed by atoms with Crippen molar-refractivity contribution < 1.29 is 4.79 Å². The minimum absolute atomic E-state index is 0.344. The van der Waals surface area contributed by atoms with E-state index < -0.39 is 0 Å². The number of hydrogen-bond acceptors (Lipinski definition) is 2. The predicted molar refractivity (Wildman–Crippen MR) is 40.0 cm³/mol. The Kier molecular flexibility index (Phi) is 1.22. The van der Waals surface area contributed by atoms with Gasteiger partial charge in [0.05, 0.1) is 0 Å². The summed E-state index contributed by atoms with van der Waals surface area (Å²) in [6.07, 6.45) is 5.21. The van der Waals surface area contributed by atoms with Crippen LogP contribution >= 0.6 is 0 Å². The van der Waals surface area contributed by atoms with Crippen LogP contribution in [-0.4, -0.2) is 15.7 Å². The maximum Gasteiger partial charge on any atom is 0.255 e. The molecule has 2 aromatic rings. The van der Waals surface area contributed by atoms with Crippen molar-refractivity contribution in [3.8, 4) is 0 Å². The number of carbonyl (C=O) groups excluding carboxylic acids is 1. The molecule has 0 saturated heterocycles. The number of rotatable bonds is 1. The fraction of sp³-hybridized carbons (Fsp3) is 0. The van der Waals surface area contributed by atoms with Gasteiger partial charge in [0, 0.05) is 12.4 Å². The minimum atomic E-state index is 0.344. The quantitative estimate of drug-likeness (QED) is 0.594. The number of imidazole rings is 1. The topological polar surface area (TPSA) is 34.4 Å². The van der Waals surface area contributed by atoms with E-state index in [0.717, 1.165) is 5.65 Å². The molecule has 0 aromatic carbocycles. The monoisotopic (exact) mass is 145 g/mol. The molecule has 0 N–H and O–H groups in total. The number of pyridine rings is 1. The van der Waals surface area contributed by atoms with Gasteiger partial charge in [0.15, 0.2) is 0 Å². The summed E-state index contributed by atoms with van der Waals surface area (Å²) in [5.41, 5.74) is 1.11. The van der Waals surface area contributed by atoms with Gasteiger partial charge in [-0.2, -0.15) is 0 Å². The molecule has 53 valence electrons. The van der Waals surface area contributed by atoms with E-state index in [1.807, 2.05) is 24.4 Å². The fourth-order valence-electron chi connectivity index (χ4n) is 0.984. The highest BCUT2D eigenvalue weighted by Crippen LogP contribution is 2.01. The van der Waals surface area contributed by atoms with Gasteiger partial charge in [0.25, 0.3) is 6.29 Å². The van der Waals surface area contributed by atoms with Crippen LogP contribution in [0.5, 0.6) is 0 Å². The zero-order valence-corrected chi connectivity index (χ0v) is 5.69. The van der Waals surface area contributed by atoms with E-state index in [1.54, 1.807) is 16.9 Å². The highest BCUT2D eigenvalue weighted by molar-refractivity contribution is 5.73. The summed E-state index contributed by atoms with van der Waals surface area (Å²) in [6, 6.07) is 5.58. The first kappa shape index (κ1) is 6.09. The van der Waals surface area contributed by atoms with Crippen molar-refractivity contribution in [1.29, 1.82) is 0 Å². The van der Waals surface area contributed by atoms with Gasteiger partial charge < -0.3 is 4.40 Å². The first-order chi connectivity index (χ1) is 5.40. The van der Waals surface area contributed by atoms with Crippen LogP contribution in [0, 0.1) is 0 Å². The second kappa shape index (κ2) is 2.20. The third-order valence-corrected chi connectivity index (χ3v) is 1.47. The van der Waals surface area contributed by atoms with Crippen molar-refractivity contribution in [2.24, 2.45) is 0 Å². The van der Waals surface area contributed by atoms with Gasteiger partial charge in [0.1, 0.15) is 11.3 Å². The van der Waals surface area contributed by atoms with Crippen LogP contribution in [0.3, 0.4) is 0 Å². The van der Waals surface area contributed by atoms with Crippen molar-refractivity contribution >= 4 is 11.9 Å². The van der Waals surface area contributed by atoms with Crippen LogP contribution in [0.15, 0.2) is 30.6 Å². The summed E-state index contributed by atoms with van der Waals surface area (Å²) in [4.78, 5) is 14.1. The summed E-state index contributed by atoms with van der Waals surface area (Å²) >= 11 is 0. The molecule has 0 aliphatic heterocycles. The Labute approximate surface area is 63.3 Å². The van der Waals surface area contributed by atoms with E-state index in [9.17, 15) is 4.79 Å². The van der Waals surface area contributed by atoms with Crippen LogP contribution in [0.2, 0.25) is 0 Å². The Morgan fingerprint density at radius 3 is 3.09 bits per heavy atom. The molecule has 0 saturated carbocycles. The Bertz CT molecular complexity index is 359. The standard InChI is InChI=1S/C8H5N2O/c11-6-7-5-10-4-2-1-3-8(10)9-7/h1-5H. The van der Waals surface area contributed by atoms with Gasteiger partial charge in [0.2, 0.25) is 0 Å². The van der Waals surface area contributed by atoms with Crippen molar-refractivity contribution in [2.45, 2.75) is 0 Å². The molecule has 0 amide bonds. The number of hydrogen-bond donors (Lipinski definition) is 0. The van der Waals surface area contributed by atoms with Crippen molar-refractivity contribution in [2.75, 3.05) is 0 Å². The number of aromatic nitrogens is 2. The van der Waals surface area contributed by atoms with E-state index in [4.69, 9.17) is 0 Å². The molecule has 0 unspecified atom stereocenters. The van der Waals surface area contributed by atoms with E-state index in [-0.39, 0.29) is 0 Å². The average molecular weight is 145 g/mol. The molecule has 0 spiro atoms. The largest absolute Gasteiger partial charge is 0.306 e. The molecule has 11 heavy (non-hydrogen) atoms. The Morgan fingerprint density at radius 1 is 1.45 bits per heavy atom. The predicted octanol–water partition coefficient (Wildman–Crippen LogP) is 0.792. The highest BCUT2D eigenvalue weighted by atomic mass is 16.1. The Balaban J connectivity index is 2.78. The van der Waals surface area contributed by atoms with E-state index in [2.05, 4.69) is 4.98 Å². The summed E-state index contributed by atoms with van der Waals surface area (Å²) in [7, 11) is 0. The van der Waals surface area contributed by atoms with Crippen molar-refractivity contribution in [3.63, 3.8) is 0 Å². The first-order valence-corrected chi connectivity index (χ1v) is 3.22. The average Bonchev–Trinajstić information content (AvgIpc) is 2.46. The molecule has 3 nitrogen and oxygen atoms in total. The number of fused-ring (bicyclic) bond motifs is 1. The maximum absolute atomic E-state index is 10.2. The van der Waals surface area contributed by atoms with E-state index in [0.29, 0.717) is 5.69 Å². The second-order valence-corrected chi connectivity index (χ2v) is 2.19. The van der Waals surface area contributed by atoms with Crippen LogP contribution in [0.25, 0.3) is 5.65 Å². The maximum atomic E-state index is 10.2. The molecular formula is C8H5N2O. The molecule has 2 aromatic heterocycles. The lowest BCUT2D eigenvalue weighted by Gasteiger charge is -1.86. The number of nitrogens with zero attached hydrogens (tertiary/aromatic N) is 2. The first-order valence-electron chi connectivity index (χ1n) is 3.22. The lowest BCUT2D eigenvalue weighted by Crippen LogP contribution is -1.77. The van der Waals surface area contributed by atoms with Gasteiger partial charge in [-0.3, -0.25) is 4.79 Å². The van der Waals surface area contributed by atoms with Crippen molar-refractivity contribution in [1.82, 2.24) is 9.38 Å². The second-order valence-electron chi connectivity index (χ2n) is 2.19. The molecule has 0 aliphatic carbocycles. The smallest absolute Gasteiger partial charge is 0.255 e. The van der Waals surface area contributed by atoms with E-state index >= 15 is 0 Å². The molecule has 0 fully saturated rings. The lowest BCUT2D eigenvalue weighted by molar-refractivity contribution is 0.561. The summed E-state index contributed by atoms with van der Waals surface area (Å²) in [5, 5.41) is 0. The third-order valence-electron chi connectivity index (χ3n) is 1.47. The summed E-state index contributed by atoms with van der Waals surface area (Å²) < 4.78 is 1.78. The lowest BCUT2D eigenvalue weighted by atomic mass is 10.5.